The van der Waals surface area contributed by atoms with Gasteiger partial charge in [0.05, 0.1) is 23.8 Å². The maximum Gasteiger partial charge on any atom is 0.155 e. The van der Waals surface area contributed by atoms with Gasteiger partial charge in [-0.05, 0) is 0 Å². The van der Waals surface area contributed by atoms with E-state index in [-0.39, 0.29) is 23.9 Å². The molecule has 6 nitrogen and oxygen atoms in total. The molecule has 7 heteroatoms. The van der Waals surface area contributed by atoms with Gasteiger partial charge in [-0.3, -0.25) is 0 Å². The Morgan fingerprint density at radius 1 is 1.38 bits per heavy atom. The molecule has 0 fully saturated rings. The molecular formula is C9H13N3O3S. The Balaban J connectivity index is 2.44. The third kappa shape index (κ3) is 2.14. The third-order valence-corrected chi connectivity index (χ3v) is 4.08. The molecule has 0 bridgehead atoms. The summed E-state index contributed by atoms with van der Waals surface area (Å²) in [7, 11) is -3.05. The third-order valence-electron chi connectivity index (χ3n) is 2.52. The van der Waals surface area contributed by atoms with Crippen LogP contribution in [0.5, 0.6) is 0 Å². The average molecular weight is 243 g/mol. The summed E-state index contributed by atoms with van der Waals surface area (Å²) in [5, 5.41) is 8.78. The second-order valence-electron chi connectivity index (χ2n) is 3.77. The highest BCUT2D eigenvalue weighted by Crippen LogP contribution is 2.23. The number of aryl methyl sites for hydroxylation is 1. The summed E-state index contributed by atoms with van der Waals surface area (Å²) >= 11 is 0. The fourth-order valence-corrected chi connectivity index (χ4v) is 3.13. The van der Waals surface area contributed by atoms with Crippen LogP contribution in [0.4, 0.5) is 5.82 Å². The van der Waals surface area contributed by atoms with Gasteiger partial charge >= 0.3 is 0 Å². The second-order valence-corrected chi connectivity index (χ2v) is 5.95. The summed E-state index contributed by atoms with van der Waals surface area (Å²) in [6, 6.07) is 0. The number of nitrogen functional groups attached to an aromatic ring is 1. The van der Waals surface area contributed by atoms with Crippen LogP contribution in [-0.2, 0) is 28.4 Å². The standard InChI is InChI=1S/C9H13N3O3S/c10-9-6-5-16(14,15)4-2-7(6)11-8(12-9)1-3-13/h13H,1-5H2,(H2,10,11,12). The Morgan fingerprint density at radius 2 is 2.12 bits per heavy atom. The molecule has 0 unspecified atom stereocenters. The lowest BCUT2D eigenvalue weighted by atomic mass is 10.2. The molecule has 0 spiro atoms. The van der Waals surface area contributed by atoms with Gasteiger partial charge in [-0.2, -0.15) is 0 Å². The molecule has 0 aromatic carbocycles. The molecule has 1 aromatic heterocycles. The van der Waals surface area contributed by atoms with Crippen molar-refractivity contribution in [3.8, 4) is 0 Å². The van der Waals surface area contributed by atoms with Crippen LogP contribution in [0.3, 0.4) is 0 Å². The molecule has 0 atom stereocenters. The van der Waals surface area contributed by atoms with E-state index in [0.29, 0.717) is 29.9 Å². The first-order valence-electron chi connectivity index (χ1n) is 4.97. The van der Waals surface area contributed by atoms with E-state index in [9.17, 15) is 8.42 Å². The zero-order valence-electron chi connectivity index (χ0n) is 8.68. The van der Waals surface area contributed by atoms with Crippen LogP contribution in [0.15, 0.2) is 0 Å². The van der Waals surface area contributed by atoms with Crippen molar-refractivity contribution >= 4 is 15.7 Å². The number of aliphatic hydroxyl groups excluding tert-OH is 1. The Hall–Kier alpha value is -1.21. The fourth-order valence-electron chi connectivity index (χ4n) is 1.72. The molecule has 0 aliphatic carbocycles. The minimum absolute atomic E-state index is 0.0451. The number of hydrogen-bond acceptors (Lipinski definition) is 6. The minimum Gasteiger partial charge on any atom is -0.396 e. The zero-order valence-corrected chi connectivity index (χ0v) is 9.50. The van der Waals surface area contributed by atoms with E-state index in [2.05, 4.69) is 9.97 Å². The van der Waals surface area contributed by atoms with Gasteiger partial charge in [0, 0.05) is 18.4 Å². The monoisotopic (exact) mass is 243 g/mol. The molecule has 2 rings (SSSR count). The van der Waals surface area contributed by atoms with Crippen molar-refractivity contribution < 1.29 is 13.5 Å². The van der Waals surface area contributed by atoms with Crippen molar-refractivity contribution in [2.75, 3.05) is 18.1 Å². The number of fused-ring (bicyclic) bond motifs is 1. The number of nitrogens with zero attached hydrogens (tertiary/aromatic N) is 2. The van der Waals surface area contributed by atoms with Crippen molar-refractivity contribution in [1.29, 1.82) is 0 Å². The summed E-state index contributed by atoms with van der Waals surface area (Å²) in [5.74, 6) is 0.720. The van der Waals surface area contributed by atoms with E-state index in [4.69, 9.17) is 10.8 Å². The maximum absolute atomic E-state index is 11.4. The highest BCUT2D eigenvalue weighted by atomic mass is 32.2. The van der Waals surface area contributed by atoms with E-state index in [1.165, 1.54) is 0 Å². The van der Waals surface area contributed by atoms with Gasteiger partial charge in [-0.1, -0.05) is 0 Å². The van der Waals surface area contributed by atoms with Crippen molar-refractivity contribution in [2.45, 2.75) is 18.6 Å². The van der Waals surface area contributed by atoms with Gasteiger partial charge in [0.15, 0.2) is 9.84 Å². The van der Waals surface area contributed by atoms with Gasteiger partial charge in [0.2, 0.25) is 0 Å². The summed E-state index contributed by atoms with van der Waals surface area (Å²) in [4.78, 5) is 8.20. The van der Waals surface area contributed by atoms with Gasteiger partial charge in [-0.15, -0.1) is 0 Å². The lowest BCUT2D eigenvalue weighted by molar-refractivity contribution is 0.296. The molecule has 0 saturated carbocycles. The summed E-state index contributed by atoms with van der Waals surface area (Å²) in [6.45, 7) is -0.0451. The molecule has 1 aliphatic heterocycles. The SMILES string of the molecule is Nc1nc(CCO)nc2c1CS(=O)(=O)CC2. The number of sulfone groups is 1. The van der Waals surface area contributed by atoms with Crippen LogP contribution in [0.25, 0.3) is 0 Å². The van der Waals surface area contributed by atoms with E-state index < -0.39 is 9.84 Å². The first-order valence-corrected chi connectivity index (χ1v) is 6.79. The predicted molar refractivity (Wildman–Crippen MR) is 58.4 cm³/mol. The van der Waals surface area contributed by atoms with Gasteiger partial charge < -0.3 is 10.8 Å². The quantitative estimate of drug-likeness (QED) is 0.694. The van der Waals surface area contributed by atoms with Crippen LogP contribution in [-0.4, -0.2) is 35.9 Å². The Morgan fingerprint density at radius 3 is 2.81 bits per heavy atom. The normalized spacial score (nSPS) is 18.1. The molecule has 0 radical (unpaired) electrons. The van der Waals surface area contributed by atoms with Crippen molar-refractivity contribution in [3.05, 3.63) is 17.1 Å². The van der Waals surface area contributed by atoms with Crippen LogP contribution in [0.2, 0.25) is 0 Å². The molecule has 0 saturated heterocycles. The number of hydrogen-bond donors (Lipinski definition) is 2. The van der Waals surface area contributed by atoms with Crippen molar-refractivity contribution in [1.82, 2.24) is 9.97 Å². The maximum atomic E-state index is 11.4. The van der Waals surface area contributed by atoms with Crippen molar-refractivity contribution in [3.63, 3.8) is 0 Å². The molecule has 1 aromatic rings. The highest BCUT2D eigenvalue weighted by Gasteiger charge is 2.25. The van der Waals surface area contributed by atoms with E-state index >= 15 is 0 Å². The van der Waals surface area contributed by atoms with Gasteiger partial charge in [0.25, 0.3) is 0 Å². The van der Waals surface area contributed by atoms with E-state index in [1.54, 1.807) is 0 Å². The van der Waals surface area contributed by atoms with Gasteiger partial charge in [-0.25, -0.2) is 18.4 Å². The number of anilines is 1. The minimum atomic E-state index is -3.05. The first kappa shape index (κ1) is 11.3. The predicted octanol–water partition coefficient (Wildman–Crippen LogP) is -0.936. The van der Waals surface area contributed by atoms with E-state index in [1.807, 2.05) is 0 Å². The fraction of sp³-hybridized carbons (Fsp3) is 0.556. The van der Waals surface area contributed by atoms with Crippen LogP contribution in [0.1, 0.15) is 17.1 Å². The molecule has 2 heterocycles. The van der Waals surface area contributed by atoms with Crippen LogP contribution >= 0.6 is 0 Å². The molecule has 3 N–H and O–H groups in total. The molecular weight excluding hydrogens is 230 g/mol. The smallest absolute Gasteiger partial charge is 0.155 e. The Bertz CT molecular complexity index is 513. The lowest BCUT2D eigenvalue weighted by Gasteiger charge is -2.17. The van der Waals surface area contributed by atoms with Gasteiger partial charge in [0.1, 0.15) is 11.6 Å². The largest absolute Gasteiger partial charge is 0.396 e. The topological polar surface area (TPSA) is 106 Å². The second kappa shape index (κ2) is 3.99. The summed E-state index contributed by atoms with van der Waals surface area (Å²) in [6.07, 6.45) is 0.715. The van der Waals surface area contributed by atoms with Crippen LogP contribution in [0, 0.1) is 0 Å². The molecule has 16 heavy (non-hydrogen) atoms. The molecule has 0 amide bonds. The average Bonchev–Trinajstić information content (AvgIpc) is 2.19. The summed E-state index contributed by atoms with van der Waals surface area (Å²) in [5.41, 5.74) is 6.92. The number of aromatic nitrogens is 2. The molecule has 88 valence electrons. The Labute approximate surface area is 93.4 Å². The van der Waals surface area contributed by atoms with Crippen molar-refractivity contribution in [2.24, 2.45) is 0 Å². The number of nitrogens with two attached hydrogens (primary N) is 1. The highest BCUT2D eigenvalue weighted by molar-refractivity contribution is 7.90. The molecule has 1 aliphatic rings. The summed E-state index contributed by atoms with van der Waals surface area (Å²) < 4.78 is 22.9. The number of rotatable bonds is 2. The number of aliphatic hydroxyl groups is 1. The lowest BCUT2D eigenvalue weighted by Crippen LogP contribution is -2.23. The van der Waals surface area contributed by atoms with Crippen LogP contribution < -0.4 is 5.73 Å². The first-order chi connectivity index (χ1) is 7.52. The zero-order chi connectivity index (χ0) is 11.8. The van der Waals surface area contributed by atoms with E-state index in [0.717, 1.165) is 0 Å². The Kier molecular flexibility index (Phi) is 2.81.